The second-order valence-corrected chi connectivity index (χ2v) is 9.01. The highest BCUT2D eigenvalue weighted by Gasteiger charge is 2.18. The molecule has 6 nitrogen and oxygen atoms in total. The normalized spacial score (nSPS) is 14.5. The molecule has 0 atom stereocenters. The molecule has 31 heavy (non-hydrogen) atoms. The molecule has 0 saturated heterocycles. The van der Waals surface area contributed by atoms with Crippen molar-refractivity contribution >= 4 is 45.1 Å². The van der Waals surface area contributed by atoms with Crippen LogP contribution in [0.25, 0.3) is 16.2 Å². The number of amides is 2. The van der Waals surface area contributed by atoms with Crippen LogP contribution in [0.5, 0.6) is 0 Å². The van der Waals surface area contributed by atoms with Gasteiger partial charge >= 0.3 is 0 Å². The maximum atomic E-state index is 12.7. The zero-order valence-electron chi connectivity index (χ0n) is 18.0. The van der Waals surface area contributed by atoms with Gasteiger partial charge in [-0.15, -0.1) is 11.3 Å². The Bertz CT molecular complexity index is 1170. The first kappa shape index (κ1) is 21.2. The Hall–Kier alpha value is -3.03. The number of likely N-dealkylation sites (N-methyl/N-ethyl adjacent to an activating group) is 2. The van der Waals surface area contributed by atoms with Crippen LogP contribution in [-0.4, -0.2) is 47.2 Å². The minimum absolute atomic E-state index is 0.0557. The molecule has 160 valence electrons. The second-order valence-electron chi connectivity index (χ2n) is 7.88. The number of aryl methyl sites for hydroxylation is 1. The van der Waals surface area contributed by atoms with Crippen molar-refractivity contribution < 1.29 is 9.59 Å². The summed E-state index contributed by atoms with van der Waals surface area (Å²) in [6.07, 6.45) is 5.99. The van der Waals surface area contributed by atoms with Crippen LogP contribution in [0.2, 0.25) is 0 Å². The molecule has 3 heterocycles. The van der Waals surface area contributed by atoms with Crippen molar-refractivity contribution in [1.82, 2.24) is 14.8 Å². The molecule has 1 aromatic carbocycles. The van der Waals surface area contributed by atoms with E-state index in [0.29, 0.717) is 25.5 Å². The molecule has 0 fully saturated rings. The van der Waals surface area contributed by atoms with E-state index in [4.69, 9.17) is 0 Å². The molecule has 0 aliphatic carbocycles. The van der Waals surface area contributed by atoms with Crippen LogP contribution in [0.3, 0.4) is 0 Å². The van der Waals surface area contributed by atoms with E-state index in [1.165, 1.54) is 20.5 Å². The van der Waals surface area contributed by atoms with Crippen molar-refractivity contribution in [1.29, 1.82) is 0 Å². The van der Waals surface area contributed by atoms with Gasteiger partial charge in [0.2, 0.25) is 11.8 Å². The molecule has 2 amide bonds. The third kappa shape index (κ3) is 4.68. The molecule has 1 aliphatic heterocycles. The lowest BCUT2D eigenvalue weighted by Crippen LogP contribution is -2.26. The summed E-state index contributed by atoms with van der Waals surface area (Å²) in [4.78, 5) is 33.8. The molecule has 7 heteroatoms. The highest BCUT2D eigenvalue weighted by atomic mass is 32.1. The average molecular weight is 435 g/mol. The van der Waals surface area contributed by atoms with Crippen molar-refractivity contribution in [3.63, 3.8) is 0 Å². The number of thiophene rings is 1. The van der Waals surface area contributed by atoms with Gasteiger partial charge in [0.25, 0.3) is 0 Å². The summed E-state index contributed by atoms with van der Waals surface area (Å²) >= 11 is 1.76. The molecule has 1 aliphatic rings. The van der Waals surface area contributed by atoms with Crippen molar-refractivity contribution in [3.05, 3.63) is 64.2 Å². The first-order valence-corrected chi connectivity index (χ1v) is 11.2. The molecule has 1 N–H and O–H groups in total. The second kappa shape index (κ2) is 8.99. The van der Waals surface area contributed by atoms with Gasteiger partial charge in [-0.1, -0.05) is 25.1 Å². The predicted octanol–water partition coefficient (Wildman–Crippen LogP) is 3.91. The number of hydrogen-bond acceptors (Lipinski definition) is 5. The van der Waals surface area contributed by atoms with Crippen LogP contribution in [0.1, 0.15) is 28.5 Å². The fourth-order valence-corrected chi connectivity index (χ4v) is 5.22. The Kier molecular flexibility index (Phi) is 6.15. The Morgan fingerprint density at radius 1 is 1.32 bits per heavy atom. The van der Waals surface area contributed by atoms with Crippen molar-refractivity contribution in [2.75, 3.05) is 26.0 Å². The Labute approximate surface area is 186 Å². The van der Waals surface area contributed by atoms with E-state index in [2.05, 4.69) is 41.5 Å². The highest BCUT2D eigenvalue weighted by Crippen LogP contribution is 2.32. The molecule has 0 bridgehead atoms. The first-order valence-electron chi connectivity index (χ1n) is 10.3. The van der Waals surface area contributed by atoms with Crippen molar-refractivity contribution in [2.45, 2.75) is 26.4 Å². The van der Waals surface area contributed by atoms with Gasteiger partial charge < -0.3 is 10.2 Å². The molecular formula is C24H26N4O2S. The molecular weight excluding hydrogens is 408 g/mol. The largest absolute Gasteiger partial charge is 0.337 e. The van der Waals surface area contributed by atoms with Gasteiger partial charge in [-0.25, -0.2) is 4.98 Å². The number of carbonyl (C=O) groups is 2. The zero-order chi connectivity index (χ0) is 22.0. The summed E-state index contributed by atoms with van der Waals surface area (Å²) < 4.78 is 1.26. The van der Waals surface area contributed by atoms with E-state index in [0.717, 1.165) is 17.5 Å². The van der Waals surface area contributed by atoms with Gasteiger partial charge in [0.05, 0.1) is 13.1 Å². The van der Waals surface area contributed by atoms with Gasteiger partial charge in [-0.05, 0) is 48.2 Å². The van der Waals surface area contributed by atoms with Crippen molar-refractivity contribution in [2.24, 2.45) is 0 Å². The molecule has 3 aromatic rings. The standard InChI is InChI=1S/C24H26N4O2S/c1-4-18-19-7-5-6-8-20(19)31-21(18)14-28(3)23(30)10-9-16-11-17-13-27(2)15-22(29)26-24(17)25-12-16/h5-12H,4,13-15H2,1-3H3,(H,25,26,29)/b10-9+. The molecule has 0 unspecified atom stereocenters. The van der Waals surface area contributed by atoms with E-state index in [9.17, 15) is 9.59 Å². The topological polar surface area (TPSA) is 65.5 Å². The zero-order valence-corrected chi connectivity index (χ0v) is 18.8. The maximum absolute atomic E-state index is 12.7. The Morgan fingerprint density at radius 2 is 2.13 bits per heavy atom. The summed E-state index contributed by atoms with van der Waals surface area (Å²) in [6.45, 7) is 3.71. The number of hydrogen-bond donors (Lipinski definition) is 1. The number of benzene rings is 1. The van der Waals surface area contributed by atoms with Crippen LogP contribution in [0.15, 0.2) is 42.6 Å². The number of nitrogens with zero attached hydrogens (tertiary/aromatic N) is 3. The molecule has 0 saturated carbocycles. The summed E-state index contributed by atoms with van der Waals surface area (Å²) in [6, 6.07) is 10.4. The molecule has 0 spiro atoms. The number of rotatable bonds is 5. The van der Waals surface area contributed by atoms with E-state index in [-0.39, 0.29) is 11.8 Å². The third-order valence-electron chi connectivity index (χ3n) is 5.41. The van der Waals surface area contributed by atoms with Gasteiger partial charge in [-0.2, -0.15) is 0 Å². The number of fused-ring (bicyclic) bond motifs is 2. The lowest BCUT2D eigenvalue weighted by molar-refractivity contribution is -0.125. The number of anilines is 1. The maximum Gasteiger partial charge on any atom is 0.246 e. The van der Waals surface area contributed by atoms with Gasteiger partial charge in [0.15, 0.2) is 0 Å². The van der Waals surface area contributed by atoms with Gasteiger partial charge in [-0.3, -0.25) is 14.5 Å². The summed E-state index contributed by atoms with van der Waals surface area (Å²) in [5.74, 6) is 0.466. The van der Waals surface area contributed by atoms with Gasteiger partial charge in [0, 0.05) is 41.0 Å². The lowest BCUT2D eigenvalue weighted by atomic mass is 10.1. The summed E-state index contributed by atoms with van der Waals surface area (Å²) in [5, 5.41) is 4.11. The summed E-state index contributed by atoms with van der Waals surface area (Å²) in [7, 11) is 3.73. The average Bonchev–Trinajstić information content (AvgIpc) is 3.02. The first-order chi connectivity index (χ1) is 14.9. The summed E-state index contributed by atoms with van der Waals surface area (Å²) in [5.41, 5.74) is 3.10. The van der Waals surface area contributed by atoms with Crippen LogP contribution in [0.4, 0.5) is 5.82 Å². The van der Waals surface area contributed by atoms with Crippen LogP contribution in [0, 0.1) is 0 Å². The lowest BCUT2D eigenvalue weighted by Gasteiger charge is -2.15. The fraction of sp³-hybridized carbons (Fsp3) is 0.292. The Balaban J connectivity index is 1.48. The number of aromatic nitrogens is 1. The predicted molar refractivity (Wildman–Crippen MR) is 126 cm³/mol. The van der Waals surface area contributed by atoms with E-state index >= 15 is 0 Å². The minimum atomic E-state index is -0.0680. The molecule has 0 radical (unpaired) electrons. The van der Waals surface area contributed by atoms with Gasteiger partial charge in [0.1, 0.15) is 5.82 Å². The monoisotopic (exact) mass is 434 g/mol. The van der Waals surface area contributed by atoms with E-state index in [1.54, 1.807) is 34.6 Å². The third-order valence-corrected chi connectivity index (χ3v) is 6.61. The smallest absolute Gasteiger partial charge is 0.246 e. The minimum Gasteiger partial charge on any atom is -0.337 e. The van der Waals surface area contributed by atoms with Crippen LogP contribution in [-0.2, 0) is 29.1 Å². The number of carbonyl (C=O) groups excluding carboxylic acids is 2. The van der Waals surface area contributed by atoms with Crippen LogP contribution >= 0.6 is 11.3 Å². The van der Waals surface area contributed by atoms with Crippen LogP contribution < -0.4 is 5.32 Å². The van der Waals surface area contributed by atoms with Crippen molar-refractivity contribution in [3.8, 4) is 0 Å². The number of pyridine rings is 1. The van der Waals surface area contributed by atoms with E-state index in [1.807, 2.05) is 25.1 Å². The fourth-order valence-electron chi connectivity index (χ4n) is 3.87. The Morgan fingerprint density at radius 3 is 2.94 bits per heavy atom. The quantitative estimate of drug-likeness (QED) is 0.619. The molecule has 2 aromatic heterocycles. The van der Waals surface area contributed by atoms with E-state index < -0.39 is 0 Å². The number of nitrogens with one attached hydrogen (secondary N) is 1. The molecule has 4 rings (SSSR count). The SMILES string of the molecule is CCc1c(CN(C)C(=O)/C=C/c2cnc3c(c2)CN(C)CC(=O)N3)sc2ccccc12. The highest BCUT2D eigenvalue weighted by molar-refractivity contribution is 7.19.